The lowest BCUT2D eigenvalue weighted by atomic mass is 9.87. The second kappa shape index (κ2) is 9.12. The molecule has 0 radical (unpaired) electrons. The van der Waals surface area contributed by atoms with E-state index in [9.17, 15) is 4.79 Å². The largest absolute Gasteiger partial charge is 0.487 e. The summed E-state index contributed by atoms with van der Waals surface area (Å²) in [4.78, 5) is 21.6. The molecule has 5 rings (SSSR count). The van der Waals surface area contributed by atoms with E-state index >= 15 is 0 Å². The molecule has 2 aliphatic rings. The van der Waals surface area contributed by atoms with Crippen LogP contribution >= 0.6 is 0 Å². The quantitative estimate of drug-likeness (QED) is 0.599. The van der Waals surface area contributed by atoms with Crippen LogP contribution in [0.4, 0.5) is 0 Å². The predicted octanol–water partition coefficient (Wildman–Crippen LogP) is 3.41. The van der Waals surface area contributed by atoms with Crippen molar-refractivity contribution in [2.45, 2.75) is 44.5 Å². The average Bonchev–Trinajstić information content (AvgIpc) is 3.32. The molecule has 0 saturated carbocycles. The molecule has 0 spiro atoms. The number of likely N-dealkylation sites (tertiary alicyclic amines) is 2. The first-order valence-corrected chi connectivity index (χ1v) is 11.4. The molecule has 7 heteroatoms. The number of piperidine rings is 1. The average molecular weight is 432 g/mol. The SMILES string of the molecule is CCn1cc(C(=O)N2CCC(N3C[C@H](Oc4ccccc4)[C@@H]3c3ccncc3)CC2)cn1. The highest BCUT2D eigenvalue weighted by atomic mass is 16.5. The van der Waals surface area contributed by atoms with Crippen molar-refractivity contribution in [2.24, 2.45) is 0 Å². The van der Waals surface area contributed by atoms with Crippen molar-refractivity contribution in [3.63, 3.8) is 0 Å². The van der Waals surface area contributed by atoms with E-state index in [1.807, 2.05) is 60.7 Å². The monoisotopic (exact) mass is 431 g/mol. The highest BCUT2D eigenvalue weighted by Gasteiger charge is 2.46. The summed E-state index contributed by atoms with van der Waals surface area (Å²) in [5.74, 6) is 0.993. The van der Waals surface area contributed by atoms with Crippen molar-refractivity contribution in [1.82, 2.24) is 24.6 Å². The lowest BCUT2D eigenvalue weighted by Crippen LogP contribution is -2.61. The number of hydrogen-bond acceptors (Lipinski definition) is 5. The molecule has 2 aromatic heterocycles. The summed E-state index contributed by atoms with van der Waals surface area (Å²) in [6.45, 7) is 5.22. The van der Waals surface area contributed by atoms with E-state index < -0.39 is 0 Å². The van der Waals surface area contributed by atoms with Gasteiger partial charge in [0.15, 0.2) is 0 Å². The van der Waals surface area contributed by atoms with Gasteiger partial charge in [-0.1, -0.05) is 18.2 Å². The molecule has 166 valence electrons. The summed E-state index contributed by atoms with van der Waals surface area (Å²) in [6.07, 6.45) is 9.26. The number of ether oxygens (including phenoxy) is 1. The first kappa shape index (κ1) is 20.7. The molecule has 0 bridgehead atoms. The van der Waals surface area contributed by atoms with Crippen LogP contribution < -0.4 is 4.74 Å². The molecule has 4 heterocycles. The molecule has 1 amide bonds. The van der Waals surface area contributed by atoms with Crippen molar-refractivity contribution >= 4 is 5.91 Å². The van der Waals surface area contributed by atoms with Gasteiger partial charge in [0.1, 0.15) is 11.9 Å². The smallest absolute Gasteiger partial charge is 0.257 e. The number of nitrogens with zero attached hydrogens (tertiary/aromatic N) is 5. The zero-order valence-corrected chi connectivity index (χ0v) is 18.4. The number of benzene rings is 1. The van der Waals surface area contributed by atoms with Crippen LogP contribution in [-0.2, 0) is 6.54 Å². The van der Waals surface area contributed by atoms with Gasteiger partial charge >= 0.3 is 0 Å². The third-order valence-corrected chi connectivity index (χ3v) is 6.60. The van der Waals surface area contributed by atoms with E-state index in [1.165, 1.54) is 5.56 Å². The minimum atomic E-state index is 0.0859. The number of amides is 1. The van der Waals surface area contributed by atoms with E-state index in [2.05, 4.69) is 27.1 Å². The predicted molar refractivity (Wildman–Crippen MR) is 121 cm³/mol. The molecular formula is C25H29N5O2. The molecule has 2 fully saturated rings. The van der Waals surface area contributed by atoms with Gasteiger partial charge in [0.25, 0.3) is 5.91 Å². The van der Waals surface area contributed by atoms with Crippen molar-refractivity contribution in [2.75, 3.05) is 19.6 Å². The Labute approximate surface area is 188 Å². The van der Waals surface area contributed by atoms with Crippen LogP contribution in [0.2, 0.25) is 0 Å². The van der Waals surface area contributed by atoms with Crippen LogP contribution in [0.1, 0.15) is 41.7 Å². The minimum Gasteiger partial charge on any atom is -0.487 e. The number of hydrogen-bond donors (Lipinski definition) is 0. The molecule has 2 atom stereocenters. The minimum absolute atomic E-state index is 0.0859. The molecule has 32 heavy (non-hydrogen) atoms. The summed E-state index contributed by atoms with van der Waals surface area (Å²) in [6, 6.07) is 14.8. The highest BCUT2D eigenvalue weighted by Crippen LogP contribution is 2.40. The Balaban J connectivity index is 1.24. The maximum atomic E-state index is 12.9. The molecule has 3 aromatic rings. The lowest BCUT2D eigenvalue weighted by Gasteiger charge is -2.53. The number of carbonyl (C=O) groups excluding carboxylic acids is 1. The number of para-hydroxylation sites is 1. The zero-order valence-electron chi connectivity index (χ0n) is 18.4. The molecule has 2 saturated heterocycles. The van der Waals surface area contributed by atoms with Gasteiger partial charge in [0, 0.05) is 50.8 Å². The van der Waals surface area contributed by atoms with E-state index in [0.29, 0.717) is 11.6 Å². The highest BCUT2D eigenvalue weighted by molar-refractivity contribution is 5.93. The van der Waals surface area contributed by atoms with Gasteiger partial charge in [-0.05, 0) is 49.6 Å². The maximum absolute atomic E-state index is 12.9. The first-order valence-electron chi connectivity index (χ1n) is 11.4. The van der Waals surface area contributed by atoms with Gasteiger partial charge in [-0.3, -0.25) is 19.4 Å². The summed E-state index contributed by atoms with van der Waals surface area (Å²) >= 11 is 0. The van der Waals surface area contributed by atoms with E-state index in [4.69, 9.17) is 4.74 Å². The maximum Gasteiger partial charge on any atom is 0.257 e. The van der Waals surface area contributed by atoms with E-state index in [-0.39, 0.29) is 18.1 Å². The van der Waals surface area contributed by atoms with Gasteiger partial charge in [0.2, 0.25) is 0 Å². The summed E-state index contributed by atoms with van der Waals surface area (Å²) in [5, 5.41) is 4.24. The molecule has 0 aliphatic carbocycles. The Kier molecular flexibility index (Phi) is 5.90. The van der Waals surface area contributed by atoms with Crippen molar-refractivity contribution in [3.05, 3.63) is 78.4 Å². The van der Waals surface area contributed by atoms with E-state index in [0.717, 1.165) is 44.8 Å². The number of aromatic nitrogens is 3. The number of pyridine rings is 1. The second-order valence-electron chi connectivity index (χ2n) is 8.50. The first-order chi connectivity index (χ1) is 15.7. The van der Waals surface area contributed by atoms with Crippen LogP contribution in [0.5, 0.6) is 5.75 Å². The summed E-state index contributed by atoms with van der Waals surface area (Å²) in [7, 11) is 0. The van der Waals surface area contributed by atoms with E-state index in [1.54, 1.807) is 10.9 Å². The van der Waals surface area contributed by atoms with Crippen LogP contribution in [0, 0.1) is 0 Å². The molecule has 2 aliphatic heterocycles. The molecule has 7 nitrogen and oxygen atoms in total. The Morgan fingerprint density at radius 1 is 1.09 bits per heavy atom. The van der Waals surface area contributed by atoms with Crippen LogP contribution in [0.15, 0.2) is 67.3 Å². The van der Waals surface area contributed by atoms with Crippen LogP contribution in [0.25, 0.3) is 0 Å². The third-order valence-electron chi connectivity index (χ3n) is 6.60. The van der Waals surface area contributed by atoms with Gasteiger partial charge < -0.3 is 9.64 Å². The lowest BCUT2D eigenvalue weighted by molar-refractivity contribution is -0.0842. The Bertz CT molecular complexity index is 1030. The molecule has 1 aromatic carbocycles. The Morgan fingerprint density at radius 2 is 1.84 bits per heavy atom. The molecular weight excluding hydrogens is 402 g/mol. The van der Waals surface area contributed by atoms with Gasteiger partial charge in [-0.15, -0.1) is 0 Å². The molecule has 0 N–H and O–H groups in total. The normalized spacial score (nSPS) is 21.8. The fraction of sp³-hybridized carbons (Fsp3) is 0.400. The van der Waals surface area contributed by atoms with Gasteiger partial charge in [-0.25, -0.2) is 0 Å². The number of rotatable bonds is 6. The van der Waals surface area contributed by atoms with Crippen LogP contribution in [0.3, 0.4) is 0 Å². The van der Waals surface area contributed by atoms with Crippen molar-refractivity contribution in [3.8, 4) is 5.75 Å². The second-order valence-corrected chi connectivity index (χ2v) is 8.50. The summed E-state index contributed by atoms with van der Waals surface area (Å²) in [5.41, 5.74) is 1.91. The van der Waals surface area contributed by atoms with Crippen LogP contribution in [-0.4, -0.2) is 62.3 Å². The number of carbonyl (C=O) groups is 1. The molecule has 0 unspecified atom stereocenters. The fourth-order valence-corrected chi connectivity index (χ4v) is 4.85. The summed E-state index contributed by atoms with van der Waals surface area (Å²) < 4.78 is 8.13. The Morgan fingerprint density at radius 3 is 2.53 bits per heavy atom. The van der Waals surface area contributed by atoms with Gasteiger partial charge in [-0.2, -0.15) is 5.10 Å². The third kappa shape index (κ3) is 4.12. The topological polar surface area (TPSA) is 63.5 Å². The van der Waals surface area contributed by atoms with Gasteiger partial charge in [0.05, 0.1) is 17.8 Å². The standard InChI is InChI=1S/C25H29N5O2/c1-2-29-17-20(16-27-29)25(31)28-14-10-21(11-15-28)30-18-23(32-22-6-4-3-5-7-22)24(30)19-8-12-26-13-9-19/h3-9,12-13,16-17,21,23-24H,2,10-11,14-15,18H2,1H3/t23-,24-/m0/s1. The Hall–Kier alpha value is -3.19. The van der Waals surface area contributed by atoms with Crippen molar-refractivity contribution in [1.29, 1.82) is 0 Å². The fourth-order valence-electron chi connectivity index (χ4n) is 4.85. The number of aryl methyl sites for hydroxylation is 1. The zero-order chi connectivity index (χ0) is 21.9. The van der Waals surface area contributed by atoms with Crippen molar-refractivity contribution < 1.29 is 9.53 Å².